The van der Waals surface area contributed by atoms with Gasteiger partial charge in [-0.15, -0.1) is 0 Å². The Hall–Kier alpha value is -2.60. The van der Waals surface area contributed by atoms with Crippen LogP contribution in [0.5, 0.6) is 11.5 Å². The van der Waals surface area contributed by atoms with Crippen molar-refractivity contribution in [2.45, 2.75) is 65.9 Å². The first-order valence-electron chi connectivity index (χ1n) is 12.0. The Balaban J connectivity index is 1.81. The third-order valence-corrected chi connectivity index (χ3v) is 6.77. The van der Waals surface area contributed by atoms with Gasteiger partial charge in [-0.25, -0.2) is 4.79 Å². The molecule has 1 aromatic rings. The monoisotopic (exact) mass is 454 g/mol. The quantitative estimate of drug-likeness (QED) is 0.610. The van der Waals surface area contributed by atoms with E-state index in [0.717, 1.165) is 53.0 Å². The maximum absolute atomic E-state index is 12.5. The summed E-state index contributed by atoms with van der Waals surface area (Å²) >= 11 is 0. The minimum absolute atomic E-state index is 0.0420. The second-order valence-electron chi connectivity index (χ2n) is 10.1. The molecule has 6 nitrogen and oxygen atoms in total. The van der Waals surface area contributed by atoms with Crippen molar-refractivity contribution in [2.24, 2.45) is 11.3 Å². The molecule has 3 aliphatic rings. The van der Waals surface area contributed by atoms with Gasteiger partial charge in [0, 0.05) is 23.5 Å². The van der Waals surface area contributed by atoms with Crippen LogP contribution in [0.25, 0.3) is 5.57 Å². The van der Waals surface area contributed by atoms with Gasteiger partial charge >= 0.3 is 5.97 Å². The average Bonchev–Trinajstić information content (AvgIpc) is 2.84. The predicted octanol–water partition coefficient (Wildman–Crippen LogP) is 4.99. The van der Waals surface area contributed by atoms with Crippen LogP contribution in [0.1, 0.15) is 64.5 Å². The van der Waals surface area contributed by atoms with E-state index in [4.69, 9.17) is 14.2 Å². The Bertz CT molecular complexity index is 1010. The van der Waals surface area contributed by atoms with Crippen LogP contribution in [0.4, 0.5) is 0 Å². The van der Waals surface area contributed by atoms with E-state index in [2.05, 4.69) is 33.8 Å². The highest BCUT2D eigenvalue weighted by atomic mass is 16.5. The molecule has 1 saturated heterocycles. The lowest BCUT2D eigenvalue weighted by molar-refractivity contribution is -0.134. The van der Waals surface area contributed by atoms with Crippen molar-refractivity contribution in [3.05, 3.63) is 40.5 Å². The van der Waals surface area contributed by atoms with Crippen molar-refractivity contribution in [2.75, 3.05) is 19.8 Å². The molecule has 0 radical (unpaired) electrons. The molecular weight excluding hydrogens is 420 g/mol. The topological polar surface area (TPSA) is 82.1 Å². The maximum atomic E-state index is 12.5. The molecule has 1 unspecified atom stereocenters. The number of carboxylic acid groups (broad SMARTS) is 1. The van der Waals surface area contributed by atoms with Crippen molar-refractivity contribution < 1.29 is 28.9 Å². The fourth-order valence-electron chi connectivity index (χ4n) is 4.75. The van der Waals surface area contributed by atoms with Crippen molar-refractivity contribution in [3.63, 3.8) is 0 Å². The first-order chi connectivity index (χ1) is 15.7. The molecule has 2 heterocycles. The molecule has 2 aliphatic heterocycles. The summed E-state index contributed by atoms with van der Waals surface area (Å²) in [5.41, 5.74) is 3.88. The number of Topliss-reactive ketones (excluding diaryl/α,β-unsaturated/α-hetero) is 1. The number of hydrogen-bond acceptors (Lipinski definition) is 5. The van der Waals surface area contributed by atoms with Crippen molar-refractivity contribution in [1.29, 1.82) is 0 Å². The van der Waals surface area contributed by atoms with E-state index in [9.17, 15) is 14.7 Å². The molecule has 1 N–H and O–H groups in total. The Labute approximate surface area is 195 Å². The van der Waals surface area contributed by atoms with Gasteiger partial charge < -0.3 is 19.3 Å². The highest BCUT2D eigenvalue weighted by Gasteiger charge is 2.36. The first-order valence-corrected chi connectivity index (χ1v) is 12.0. The molecular formula is C27H34O6. The molecule has 1 fully saturated rings. The van der Waals surface area contributed by atoms with Gasteiger partial charge in [0.1, 0.15) is 23.2 Å². The fraction of sp³-hybridized carbons (Fsp3) is 0.556. The van der Waals surface area contributed by atoms with Crippen LogP contribution in [0.15, 0.2) is 29.4 Å². The second-order valence-corrected chi connectivity index (χ2v) is 10.1. The van der Waals surface area contributed by atoms with Crippen LogP contribution < -0.4 is 9.47 Å². The number of benzene rings is 1. The number of ketones is 1. The summed E-state index contributed by atoms with van der Waals surface area (Å²) in [4.78, 5) is 24.4. The number of carbonyl (C=O) groups is 2. The second kappa shape index (κ2) is 9.34. The number of aliphatic carboxylic acids is 1. The molecule has 0 bridgehead atoms. The third-order valence-electron chi connectivity index (χ3n) is 6.77. The molecule has 33 heavy (non-hydrogen) atoms. The molecule has 0 spiro atoms. The van der Waals surface area contributed by atoms with E-state index in [-0.39, 0.29) is 35.2 Å². The van der Waals surface area contributed by atoms with Crippen molar-refractivity contribution in [3.8, 4) is 11.5 Å². The molecule has 4 rings (SSSR count). The van der Waals surface area contributed by atoms with Gasteiger partial charge in [-0.05, 0) is 60.5 Å². The van der Waals surface area contributed by atoms with E-state index >= 15 is 0 Å². The van der Waals surface area contributed by atoms with Gasteiger partial charge in [0.2, 0.25) is 0 Å². The zero-order valence-electron chi connectivity index (χ0n) is 20.0. The average molecular weight is 455 g/mol. The van der Waals surface area contributed by atoms with Gasteiger partial charge in [0.15, 0.2) is 5.78 Å². The Morgan fingerprint density at radius 3 is 2.58 bits per heavy atom. The lowest BCUT2D eigenvalue weighted by atomic mass is 9.84. The zero-order valence-corrected chi connectivity index (χ0v) is 20.0. The number of hydrogen-bond donors (Lipinski definition) is 1. The fourth-order valence-corrected chi connectivity index (χ4v) is 4.75. The Morgan fingerprint density at radius 2 is 1.97 bits per heavy atom. The summed E-state index contributed by atoms with van der Waals surface area (Å²) in [6.45, 7) is 10.4. The number of rotatable bonds is 6. The number of ether oxygens (including phenoxy) is 3. The zero-order chi connectivity index (χ0) is 23.8. The molecule has 1 aliphatic carbocycles. The van der Waals surface area contributed by atoms with Crippen LogP contribution in [0.2, 0.25) is 0 Å². The van der Waals surface area contributed by atoms with Gasteiger partial charge in [-0.2, -0.15) is 0 Å². The van der Waals surface area contributed by atoms with E-state index in [1.165, 1.54) is 0 Å². The van der Waals surface area contributed by atoms with Gasteiger partial charge in [-0.3, -0.25) is 4.79 Å². The highest BCUT2D eigenvalue weighted by molar-refractivity contribution is 6.17. The predicted molar refractivity (Wildman–Crippen MR) is 126 cm³/mol. The summed E-state index contributed by atoms with van der Waals surface area (Å²) in [5.74, 6) is 0.220. The summed E-state index contributed by atoms with van der Waals surface area (Å²) in [7, 11) is 0. The maximum Gasteiger partial charge on any atom is 0.339 e. The van der Waals surface area contributed by atoms with Crippen molar-refractivity contribution >= 4 is 17.3 Å². The van der Waals surface area contributed by atoms with Crippen molar-refractivity contribution in [1.82, 2.24) is 0 Å². The number of carboxylic acids is 1. The summed E-state index contributed by atoms with van der Waals surface area (Å²) in [5, 5.41) is 9.72. The normalized spacial score (nSPS) is 22.2. The van der Waals surface area contributed by atoms with Gasteiger partial charge in [0.05, 0.1) is 19.8 Å². The smallest absolute Gasteiger partial charge is 0.339 e. The number of allylic oxidation sites excluding steroid dienone is 1. The van der Waals surface area contributed by atoms with E-state index in [1.807, 2.05) is 6.07 Å². The number of aryl methyl sites for hydroxylation is 1. The minimum Gasteiger partial charge on any atom is -0.492 e. The molecule has 0 amide bonds. The molecule has 1 atom stereocenters. The lowest BCUT2D eigenvalue weighted by Crippen LogP contribution is -2.44. The lowest BCUT2D eigenvalue weighted by Gasteiger charge is -2.38. The summed E-state index contributed by atoms with van der Waals surface area (Å²) in [6.07, 6.45) is 4.59. The first kappa shape index (κ1) is 23.6. The standard InChI is InChI=1S/C27H34O6/c1-5-17-10-19-18-8-6-7-9-22(28)21(26(29)30)11-20(18)25(16(2)3)33-24(19)12-23(17)32-15-27(4)13-31-14-27/h10-12,16,25H,5-9,13-15H2,1-4H3,(H,29,30). The van der Waals surface area contributed by atoms with Crippen LogP contribution in [0.3, 0.4) is 0 Å². The molecule has 6 heteroatoms. The SMILES string of the molecule is CCc1cc2c(cc1OCC1(C)COC1)OC(C(C)C)C1=C2CCCCC(=O)C(C(=O)O)=C1. The van der Waals surface area contributed by atoms with E-state index in [0.29, 0.717) is 26.2 Å². The van der Waals surface area contributed by atoms with Crippen LogP contribution in [-0.4, -0.2) is 42.8 Å². The van der Waals surface area contributed by atoms with E-state index in [1.54, 1.807) is 6.08 Å². The van der Waals surface area contributed by atoms with Crippen LogP contribution >= 0.6 is 0 Å². The van der Waals surface area contributed by atoms with Gasteiger partial charge in [0.25, 0.3) is 0 Å². The molecule has 178 valence electrons. The third kappa shape index (κ3) is 4.72. The Morgan fingerprint density at radius 1 is 1.24 bits per heavy atom. The summed E-state index contributed by atoms with van der Waals surface area (Å²) < 4.78 is 18.1. The van der Waals surface area contributed by atoms with E-state index < -0.39 is 5.97 Å². The molecule has 1 aromatic carbocycles. The van der Waals surface area contributed by atoms with Gasteiger partial charge in [-0.1, -0.05) is 27.7 Å². The Kier molecular flexibility index (Phi) is 6.66. The number of fused-ring (bicyclic) bond motifs is 2. The minimum atomic E-state index is -1.17. The highest BCUT2D eigenvalue weighted by Crippen LogP contribution is 2.45. The summed E-state index contributed by atoms with van der Waals surface area (Å²) in [6, 6.07) is 4.12. The van der Waals surface area contributed by atoms with Crippen LogP contribution in [0, 0.1) is 11.3 Å². The largest absolute Gasteiger partial charge is 0.492 e. The van der Waals surface area contributed by atoms with Crippen LogP contribution in [-0.2, 0) is 20.7 Å². The molecule has 0 saturated carbocycles. The number of carbonyl (C=O) groups excluding carboxylic acids is 1. The molecule has 0 aromatic heterocycles.